The Morgan fingerprint density at radius 2 is 2.39 bits per heavy atom. The van der Waals surface area contributed by atoms with Gasteiger partial charge in [0.15, 0.2) is 0 Å². The Balaban J connectivity index is 1.95. The number of carboxylic acid groups (broad SMARTS) is 1. The molecule has 6 nitrogen and oxygen atoms in total. The highest BCUT2D eigenvalue weighted by Crippen LogP contribution is 2.22. The van der Waals surface area contributed by atoms with Crippen LogP contribution in [0.2, 0.25) is 0 Å². The van der Waals surface area contributed by atoms with Crippen LogP contribution in [0.25, 0.3) is 0 Å². The molecule has 2 unspecified atom stereocenters. The van der Waals surface area contributed by atoms with Crippen molar-refractivity contribution in [3.05, 3.63) is 18.2 Å². The van der Waals surface area contributed by atoms with Gasteiger partial charge in [0.1, 0.15) is 11.9 Å². The lowest BCUT2D eigenvalue weighted by atomic mass is 10.0. The average Bonchev–Trinajstić information content (AvgIpc) is 2.28. The molecule has 2 heterocycles. The number of anilines is 1. The van der Waals surface area contributed by atoms with Crippen LogP contribution in [0, 0.1) is 0 Å². The minimum Gasteiger partial charge on any atom is -0.474 e. The van der Waals surface area contributed by atoms with Crippen LogP contribution in [0.3, 0.4) is 0 Å². The molecule has 0 aliphatic carbocycles. The highest BCUT2D eigenvalue weighted by molar-refractivity contribution is 5.65. The van der Waals surface area contributed by atoms with Crippen molar-refractivity contribution in [2.45, 2.75) is 31.9 Å². The second kappa shape index (κ2) is 5.12. The molecule has 3 N–H and O–H groups in total. The van der Waals surface area contributed by atoms with Gasteiger partial charge >= 0.3 is 6.09 Å². The lowest BCUT2D eigenvalue weighted by Crippen LogP contribution is -2.46. The summed E-state index contributed by atoms with van der Waals surface area (Å²) in [6.07, 6.45) is 0.462. The third-order valence-corrected chi connectivity index (χ3v) is 3.11. The highest BCUT2D eigenvalue weighted by atomic mass is 16.5. The van der Waals surface area contributed by atoms with Crippen LogP contribution in [0.1, 0.15) is 19.8 Å². The molecule has 1 amide bonds. The quantitative estimate of drug-likeness (QED) is 0.832. The van der Waals surface area contributed by atoms with Gasteiger partial charge in [0.05, 0.1) is 0 Å². The molecule has 1 aromatic rings. The van der Waals surface area contributed by atoms with Gasteiger partial charge in [-0.2, -0.15) is 4.98 Å². The summed E-state index contributed by atoms with van der Waals surface area (Å²) in [5, 5.41) is 8.98. The van der Waals surface area contributed by atoms with Crippen molar-refractivity contribution < 1.29 is 14.6 Å². The first-order chi connectivity index (χ1) is 8.56. The fourth-order valence-corrected chi connectivity index (χ4v) is 2.19. The monoisotopic (exact) mass is 251 g/mol. The molecule has 1 aromatic heterocycles. The van der Waals surface area contributed by atoms with Crippen LogP contribution >= 0.6 is 0 Å². The summed E-state index contributed by atoms with van der Waals surface area (Å²) < 4.78 is 5.72. The first-order valence-electron chi connectivity index (χ1n) is 5.95. The summed E-state index contributed by atoms with van der Waals surface area (Å²) in [5.74, 6) is 0.916. The Kier molecular flexibility index (Phi) is 3.55. The molecule has 2 atom stereocenters. The molecule has 6 heteroatoms. The van der Waals surface area contributed by atoms with Gasteiger partial charge in [0.25, 0.3) is 0 Å². The van der Waals surface area contributed by atoms with E-state index < -0.39 is 6.09 Å². The number of pyridine rings is 1. The minimum atomic E-state index is -0.872. The Labute approximate surface area is 105 Å². The highest BCUT2D eigenvalue weighted by Gasteiger charge is 2.29. The number of hydrogen-bond donors (Lipinski definition) is 2. The molecule has 0 radical (unpaired) electrons. The van der Waals surface area contributed by atoms with Crippen molar-refractivity contribution in [1.82, 2.24) is 9.88 Å². The second-order valence-electron chi connectivity index (χ2n) is 4.49. The number of amides is 1. The molecule has 1 fully saturated rings. The van der Waals surface area contributed by atoms with Gasteiger partial charge in [0, 0.05) is 31.5 Å². The van der Waals surface area contributed by atoms with Crippen LogP contribution in [-0.2, 0) is 0 Å². The van der Waals surface area contributed by atoms with Gasteiger partial charge in [-0.1, -0.05) is 6.07 Å². The lowest BCUT2D eigenvalue weighted by Gasteiger charge is -2.35. The van der Waals surface area contributed by atoms with Crippen molar-refractivity contribution in [3.63, 3.8) is 0 Å². The van der Waals surface area contributed by atoms with Crippen LogP contribution in [0.4, 0.5) is 10.6 Å². The maximum Gasteiger partial charge on any atom is 0.407 e. The molecule has 0 saturated carbocycles. The van der Waals surface area contributed by atoms with E-state index in [2.05, 4.69) is 4.98 Å². The van der Waals surface area contributed by atoms with Crippen LogP contribution in [-0.4, -0.2) is 39.8 Å². The molecule has 98 valence electrons. The smallest absolute Gasteiger partial charge is 0.407 e. The first-order valence-corrected chi connectivity index (χ1v) is 5.95. The molecular formula is C12H17N3O3. The minimum absolute atomic E-state index is 0.00935. The van der Waals surface area contributed by atoms with Crippen molar-refractivity contribution in [3.8, 4) is 5.88 Å². The molecule has 0 bridgehead atoms. The second-order valence-corrected chi connectivity index (χ2v) is 4.49. The van der Waals surface area contributed by atoms with Gasteiger partial charge in [0.2, 0.25) is 5.88 Å². The number of ether oxygens (including phenoxy) is 1. The van der Waals surface area contributed by atoms with E-state index in [1.54, 1.807) is 18.2 Å². The number of hydrogen-bond acceptors (Lipinski definition) is 4. The van der Waals surface area contributed by atoms with Gasteiger partial charge in [-0.15, -0.1) is 0 Å². The van der Waals surface area contributed by atoms with Gasteiger partial charge in [-0.3, -0.25) is 0 Å². The van der Waals surface area contributed by atoms with E-state index in [0.717, 1.165) is 0 Å². The SMILES string of the molecule is CC1CC(Oc2cccc(N)n2)CCN1C(=O)O. The zero-order chi connectivity index (χ0) is 13.1. The lowest BCUT2D eigenvalue weighted by molar-refractivity contribution is 0.0585. The molecule has 18 heavy (non-hydrogen) atoms. The van der Waals surface area contributed by atoms with Crippen LogP contribution < -0.4 is 10.5 Å². The number of piperidine rings is 1. The molecule has 0 aromatic carbocycles. The predicted octanol–water partition coefficient (Wildman–Crippen LogP) is 1.57. The zero-order valence-electron chi connectivity index (χ0n) is 10.2. The number of nitrogens with zero attached hydrogens (tertiary/aromatic N) is 2. The van der Waals surface area contributed by atoms with Gasteiger partial charge in [-0.25, -0.2) is 4.79 Å². The number of nitrogens with two attached hydrogens (primary N) is 1. The zero-order valence-corrected chi connectivity index (χ0v) is 10.2. The maximum atomic E-state index is 10.9. The van der Waals surface area contributed by atoms with Crippen molar-refractivity contribution in [2.24, 2.45) is 0 Å². The van der Waals surface area contributed by atoms with E-state index in [1.165, 1.54) is 4.90 Å². The molecular weight excluding hydrogens is 234 g/mol. The van der Waals surface area contributed by atoms with E-state index in [4.69, 9.17) is 15.6 Å². The summed E-state index contributed by atoms with van der Waals surface area (Å²) in [6, 6.07) is 5.20. The normalized spacial score (nSPS) is 23.7. The molecule has 1 saturated heterocycles. The van der Waals surface area contributed by atoms with Crippen molar-refractivity contribution in [1.29, 1.82) is 0 Å². The summed E-state index contributed by atoms with van der Waals surface area (Å²) >= 11 is 0. The Bertz CT molecular complexity index is 438. The topological polar surface area (TPSA) is 88.7 Å². The Hall–Kier alpha value is -1.98. The van der Waals surface area contributed by atoms with Crippen LogP contribution in [0.5, 0.6) is 5.88 Å². The Morgan fingerprint density at radius 1 is 1.61 bits per heavy atom. The largest absolute Gasteiger partial charge is 0.474 e. The van der Waals surface area contributed by atoms with E-state index in [1.807, 2.05) is 6.92 Å². The fourth-order valence-electron chi connectivity index (χ4n) is 2.19. The Morgan fingerprint density at radius 3 is 3.00 bits per heavy atom. The third-order valence-electron chi connectivity index (χ3n) is 3.11. The third kappa shape index (κ3) is 2.82. The van der Waals surface area contributed by atoms with E-state index in [-0.39, 0.29) is 12.1 Å². The molecule has 1 aliphatic heterocycles. The van der Waals surface area contributed by atoms with Crippen molar-refractivity contribution >= 4 is 11.9 Å². The number of rotatable bonds is 2. The van der Waals surface area contributed by atoms with Gasteiger partial charge in [-0.05, 0) is 13.0 Å². The number of carbonyl (C=O) groups is 1. The summed E-state index contributed by atoms with van der Waals surface area (Å²) in [4.78, 5) is 16.4. The van der Waals surface area contributed by atoms with E-state index in [0.29, 0.717) is 31.1 Å². The maximum absolute atomic E-state index is 10.9. The first kappa shape index (κ1) is 12.5. The number of aromatic nitrogens is 1. The average molecular weight is 251 g/mol. The van der Waals surface area contributed by atoms with Gasteiger partial charge < -0.3 is 20.5 Å². The predicted molar refractivity (Wildman–Crippen MR) is 66.5 cm³/mol. The van der Waals surface area contributed by atoms with E-state index >= 15 is 0 Å². The molecule has 0 spiro atoms. The fraction of sp³-hybridized carbons (Fsp3) is 0.500. The standard InChI is InChI=1S/C12H17N3O3/c1-8-7-9(5-6-15(8)12(16)17)18-11-4-2-3-10(13)14-11/h2-4,8-9H,5-7H2,1H3,(H2,13,14)(H,16,17). The summed E-state index contributed by atoms with van der Waals surface area (Å²) in [5.41, 5.74) is 5.58. The van der Waals surface area contributed by atoms with E-state index in [9.17, 15) is 4.79 Å². The molecule has 2 rings (SSSR count). The number of likely N-dealkylation sites (tertiary alicyclic amines) is 1. The van der Waals surface area contributed by atoms with Crippen molar-refractivity contribution in [2.75, 3.05) is 12.3 Å². The molecule has 1 aliphatic rings. The summed E-state index contributed by atoms with van der Waals surface area (Å²) in [7, 11) is 0. The summed E-state index contributed by atoms with van der Waals surface area (Å²) in [6.45, 7) is 2.37. The number of nitrogen functional groups attached to an aromatic ring is 1. The van der Waals surface area contributed by atoms with Crippen LogP contribution in [0.15, 0.2) is 18.2 Å².